The number of halogens is 2. The minimum absolute atomic E-state index is 0.171. The first-order valence-electron chi connectivity index (χ1n) is 8.35. The molecular formula is C17H19F2N5O3S. The fourth-order valence-electron chi connectivity index (χ4n) is 2.59. The van der Waals surface area contributed by atoms with Crippen LogP contribution in [0.5, 0.6) is 5.75 Å². The molecule has 2 aromatic rings. The van der Waals surface area contributed by atoms with Gasteiger partial charge in [0, 0.05) is 18.0 Å². The second-order valence-corrected chi connectivity index (χ2v) is 7.78. The van der Waals surface area contributed by atoms with Crippen LogP contribution in [-0.4, -0.2) is 26.3 Å². The van der Waals surface area contributed by atoms with Crippen LogP contribution in [0.3, 0.4) is 0 Å². The molecule has 0 fully saturated rings. The summed E-state index contributed by atoms with van der Waals surface area (Å²) < 4.78 is 60.3. The number of anilines is 2. The predicted molar refractivity (Wildman–Crippen MR) is 102 cm³/mol. The van der Waals surface area contributed by atoms with Gasteiger partial charge in [-0.3, -0.25) is 14.7 Å². The first-order valence-corrected chi connectivity index (χ1v) is 10.0. The Labute approximate surface area is 161 Å². The number of hydrogen-bond acceptors (Lipinski definition) is 7. The third-order valence-electron chi connectivity index (χ3n) is 3.88. The number of ether oxygens (including phenoxy) is 1. The lowest BCUT2D eigenvalue weighted by Gasteiger charge is -2.18. The van der Waals surface area contributed by atoms with Crippen molar-refractivity contribution in [1.29, 1.82) is 0 Å². The van der Waals surface area contributed by atoms with Crippen molar-refractivity contribution in [2.45, 2.75) is 13.3 Å². The smallest absolute Gasteiger partial charge is 0.232 e. The van der Waals surface area contributed by atoms with Crippen molar-refractivity contribution in [3.8, 4) is 5.75 Å². The summed E-state index contributed by atoms with van der Waals surface area (Å²) >= 11 is 0. The SMILES string of the molecule is CCCS(=O)(=O)Nc1ccc(F)c(N2C=C(c3cncc(OC)c3)NN2)c1F. The van der Waals surface area contributed by atoms with Crippen LogP contribution in [0.1, 0.15) is 18.9 Å². The molecule has 3 rings (SSSR count). The maximum Gasteiger partial charge on any atom is 0.232 e. The molecule has 11 heteroatoms. The summed E-state index contributed by atoms with van der Waals surface area (Å²) in [6.07, 6.45) is 4.86. The van der Waals surface area contributed by atoms with Gasteiger partial charge in [-0.05, 0) is 24.6 Å². The highest BCUT2D eigenvalue weighted by Crippen LogP contribution is 2.31. The zero-order valence-electron chi connectivity index (χ0n) is 15.2. The third-order valence-corrected chi connectivity index (χ3v) is 5.35. The van der Waals surface area contributed by atoms with Crippen LogP contribution in [0, 0.1) is 11.6 Å². The molecule has 2 heterocycles. The van der Waals surface area contributed by atoms with E-state index in [9.17, 15) is 17.2 Å². The molecule has 0 atom stereocenters. The molecule has 0 radical (unpaired) electrons. The molecule has 1 aromatic carbocycles. The van der Waals surface area contributed by atoms with Crippen molar-refractivity contribution in [1.82, 2.24) is 15.9 Å². The van der Waals surface area contributed by atoms with Gasteiger partial charge in [0.1, 0.15) is 11.4 Å². The minimum Gasteiger partial charge on any atom is -0.495 e. The summed E-state index contributed by atoms with van der Waals surface area (Å²) in [6.45, 7) is 1.69. The highest BCUT2D eigenvalue weighted by molar-refractivity contribution is 7.92. The van der Waals surface area contributed by atoms with E-state index in [-0.39, 0.29) is 11.4 Å². The molecule has 150 valence electrons. The summed E-state index contributed by atoms with van der Waals surface area (Å²) in [4.78, 5) is 4.03. The molecule has 28 heavy (non-hydrogen) atoms. The maximum atomic E-state index is 14.9. The molecule has 0 saturated heterocycles. The molecule has 0 unspecified atom stereocenters. The Balaban J connectivity index is 1.93. The van der Waals surface area contributed by atoms with Gasteiger partial charge in [0.15, 0.2) is 11.6 Å². The topological polar surface area (TPSA) is 95.6 Å². The summed E-state index contributed by atoms with van der Waals surface area (Å²) in [5.41, 5.74) is 5.71. The molecule has 3 N–H and O–H groups in total. The lowest BCUT2D eigenvalue weighted by atomic mass is 10.2. The fourth-order valence-corrected chi connectivity index (χ4v) is 3.72. The monoisotopic (exact) mass is 411 g/mol. The number of nitrogens with zero attached hydrogens (tertiary/aromatic N) is 2. The van der Waals surface area contributed by atoms with Gasteiger partial charge in [0.05, 0.1) is 30.4 Å². The van der Waals surface area contributed by atoms with Crippen LogP contribution in [0.25, 0.3) is 5.70 Å². The molecular weight excluding hydrogens is 392 g/mol. The van der Waals surface area contributed by atoms with Gasteiger partial charge in [-0.2, -0.15) is 0 Å². The summed E-state index contributed by atoms with van der Waals surface area (Å²) in [6, 6.07) is 3.73. The summed E-state index contributed by atoms with van der Waals surface area (Å²) in [5.74, 6) is -1.57. The number of hydrogen-bond donors (Lipinski definition) is 3. The highest BCUT2D eigenvalue weighted by Gasteiger charge is 2.25. The number of sulfonamides is 1. The quantitative estimate of drug-likeness (QED) is 0.644. The maximum absolute atomic E-state index is 14.9. The van der Waals surface area contributed by atoms with Crippen LogP contribution in [0.15, 0.2) is 36.8 Å². The predicted octanol–water partition coefficient (Wildman–Crippen LogP) is 2.35. The van der Waals surface area contributed by atoms with Gasteiger partial charge in [0.2, 0.25) is 10.0 Å². The Kier molecular flexibility index (Phi) is 5.66. The van der Waals surface area contributed by atoms with E-state index in [0.717, 1.165) is 17.1 Å². The number of rotatable bonds is 7. The average molecular weight is 411 g/mol. The number of aromatic nitrogens is 1. The Hall–Kier alpha value is -2.92. The molecule has 0 bridgehead atoms. The van der Waals surface area contributed by atoms with Crippen molar-refractivity contribution in [2.75, 3.05) is 22.6 Å². The molecule has 0 aliphatic carbocycles. The Morgan fingerprint density at radius 2 is 2.07 bits per heavy atom. The van der Waals surface area contributed by atoms with E-state index >= 15 is 0 Å². The van der Waals surface area contributed by atoms with E-state index in [1.54, 1.807) is 19.2 Å². The van der Waals surface area contributed by atoms with Crippen LogP contribution < -0.4 is 25.4 Å². The zero-order chi connectivity index (χ0) is 20.3. The average Bonchev–Trinajstić information content (AvgIpc) is 3.14. The first-order chi connectivity index (χ1) is 13.3. The molecule has 0 spiro atoms. The fraction of sp³-hybridized carbons (Fsp3) is 0.235. The van der Waals surface area contributed by atoms with Gasteiger partial charge in [-0.1, -0.05) is 6.92 Å². The van der Waals surface area contributed by atoms with Crippen molar-refractivity contribution >= 4 is 27.1 Å². The van der Waals surface area contributed by atoms with Crippen molar-refractivity contribution in [2.24, 2.45) is 0 Å². The lowest BCUT2D eigenvalue weighted by molar-refractivity contribution is 0.412. The summed E-state index contributed by atoms with van der Waals surface area (Å²) in [7, 11) is -2.23. The van der Waals surface area contributed by atoms with E-state index in [2.05, 4.69) is 20.7 Å². The van der Waals surface area contributed by atoms with Gasteiger partial charge in [-0.15, -0.1) is 5.53 Å². The molecule has 0 saturated carbocycles. The van der Waals surface area contributed by atoms with Crippen LogP contribution in [-0.2, 0) is 10.0 Å². The van der Waals surface area contributed by atoms with E-state index in [1.165, 1.54) is 19.5 Å². The van der Waals surface area contributed by atoms with Gasteiger partial charge in [-0.25, -0.2) is 17.2 Å². The van der Waals surface area contributed by atoms with Gasteiger partial charge < -0.3 is 10.2 Å². The van der Waals surface area contributed by atoms with E-state index in [4.69, 9.17) is 4.74 Å². The number of nitrogens with one attached hydrogen (secondary N) is 3. The standard InChI is InChI=1S/C17H19F2N5O3S/c1-3-6-28(25,26)22-14-5-4-13(18)17(16(14)19)24-10-15(21-23-24)11-7-12(27-2)9-20-8-11/h4-5,7-10,21-23H,3,6H2,1-2H3. The van der Waals surface area contributed by atoms with Gasteiger partial charge >= 0.3 is 0 Å². The highest BCUT2D eigenvalue weighted by atomic mass is 32.2. The molecule has 0 amide bonds. The lowest BCUT2D eigenvalue weighted by Crippen LogP contribution is -2.37. The molecule has 1 aromatic heterocycles. The van der Waals surface area contributed by atoms with E-state index < -0.39 is 27.3 Å². The number of pyridine rings is 1. The zero-order valence-corrected chi connectivity index (χ0v) is 16.0. The second-order valence-electron chi connectivity index (χ2n) is 5.94. The van der Waals surface area contributed by atoms with Crippen molar-refractivity contribution < 1.29 is 21.9 Å². The normalized spacial score (nSPS) is 13.9. The van der Waals surface area contributed by atoms with Gasteiger partial charge in [0.25, 0.3) is 0 Å². The number of methoxy groups -OCH3 is 1. The largest absolute Gasteiger partial charge is 0.495 e. The molecule has 1 aliphatic heterocycles. The third kappa shape index (κ3) is 4.15. The Morgan fingerprint density at radius 1 is 1.29 bits per heavy atom. The van der Waals surface area contributed by atoms with Crippen molar-refractivity contribution in [3.63, 3.8) is 0 Å². The van der Waals surface area contributed by atoms with Crippen LogP contribution in [0.4, 0.5) is 20.2 Å². The van der Waals surface area contributed by atoms with E-state index in [0.29, 0.717) is 23.4 Å². The van der Waals surface area contributed by atoms with Crippen molar-refractivity contribution in [3.05, 3.63) is 54.0 Å². The Morgan fingerprint density at radius 3 is 2.79 bits per heavy atom. The minimum atomic E-state index is -3.73. The summed E-state index contributed by atoms with van der Waals surface area (Å²) in [5, 5.41) is 1.08. The van der Waals surface area contributed by atoms with Crippen LogP contribution >= 0.6 is 0 Å². The number of benzene rings is 1. The van der Waals surface area contributed by atoms with Crippen LogP contribution in [0.2, 0.25) is 0 Å². The molecule has 1 aliphatic rings. The Bertz CT molecular complexity index is 1010. The second kappa shape index (κ2) is 7.98. The molecule has 8 nitrogen and oxygen atoms in total. The first kappa shape index (κ1) is 19.8. The van der Waals surface area contributed by atoms with E-state index in [1.807, 2.05) is 0 Å². The number of hydrazine groups is 2.